The number of esters is 1. The van der Waals surface area contributed by atoms with Crippen molar-refractivity contribution in [3.63, 3.8) is 0 Å². The molecule has 0 amide bonds. The second-order valence-electron chi connectivity index (χ2n) is 3.81. The first-order chi connectivity index (χ1) is 8.24. The van der Waals surface area contributed by atoms with E-state index in [9.17, 15) is 9.59 Å². The lowest BCUT2D eigenvalue weighted by molar-refractivity contribution is -0.141. The van der Waals surface area contributed by atoms with Gasteiger partial charge in [-0.25, -0.2) is 4.79 Å². The van der Waals surface area contributed by atoms with Gasteiger partial charge in [0.1, 0.15) is 11.3 Å². The first kappa shape index (κ1) is 11.6. The number of cyclic esters (lactones) is 1. The van der Waals surface area contributed by atoms with E-state index in [1.54, 1.807) is 12.2 Å². The number of allylic oxidation sites excluding steroid dienone is 3. The van der Waals surface area contributed by atoms with Gasteiger partial charge in [0.2, 0.25) is 5.78 Å². The van der Waals surface area contributed by atoms with Gasteiger partial charge in [0.15, 0.2) is 6.10 Å². The van der Waals surface area contributed by atoms with Crippen LogP contribution >= 0.6 is 0 Å². The van der Waals surface area contributed by atoms with Crippen LogP contribution < -0.4 is 0 Å². The van der Waals surface area contributed by atoms with Gasteiger partial charge in [-0.05, 0) is 12.5 Å². The molecule has 2 rings (SSSR count). The van der Waals surface area contributed by atoms with E-state index in [0.29, 0.717) is 12.2 Å². The highest BCUT2D eigenvalue weighted by atomic mass is 16.5. The van der Waals surface area contributed by atoms with Crippen molar-refractivity contribution in [3.8, 4) is 0 Å². The average Bonchev–Trinajstić information content (AvgIpc) is 2.63. The van der Waals surface area contributed by atoms with Crippen LogP contribution in [-0.2, 0) is 19.1 Å². The molecule has 90 valence electrons. The third-order valence-electron chi connectivity index (χ3n) is 2.59. The van der Waals surface area contributed by atoms with Crippen LogP contribution in [0.3, 0.4) is 0 Å². The van der Waals surface area contributed by atoms with Crippen LogP contribution in [0, 0.1) is 0 Å². The molecule has 0 aromatic carbocycles. The Morgan fingerprint density at radius 2 is 2.18 bits per heavy atom. The number of rotatable bonds is 3. The molecule has 0 radical (unpaired) electrons. The summed E-state index contributed by atoms with van der Waals surface area (Å²) in [6.45, 7) is 2.31. The van der Waals surface area contributed by atoms with Crippen LogP contribution in [0.2, 0.25) is 0 Å². The average molecular weight is 234 g/mol. The molecule has 2 aliphatic rings. The zero-order chi connectivity index (χ0) is 12.3. The predicted molar refractivity (Wildman–Crippen MR) is 61.1 cm³/mol. The highest BCUT2D eigenvalue weighted by molar-refractivity contribution is 6.21. The molecule has 17 heavy (non-hydrogen) atoms. The summed E-state index contributed by atoms with van der Waals surface area (Å²) in [5, 5.41) is 0. The number of hydrogen-bond acceptors (Lipinski definition) is 4. The summed E-state index contributed by atoms with van der Waals surface area (Å²) in [7, 11) is 0. The molecular formula is C13H14O4. The van der Waals surface area contributed by atoms with Crippen LogP contribution in [0.25, 0.3) is 0 Å². The molecule has 0 N–H and O–H groups in total. The van der Waals surface area contributed by atoms with Gasteiger partial charge in [0.25, 0.3) is 0 Å². The van der Waals surface area contributed by atoms with E-state index in [4.69, 9.17) is 9.47 Å². The number of hydrogen-bond donors (Lipinski definition) is 0. The molecular weight excluding hydrogens is 220 g/mol. The van der Waals surface area contributed by atoms with Gasteiger partial charge >= 0.3 is 5.97 Å². The number of ether oxygens (including phenoxy) is 2. The second-order valence-corrected chi connectivity index (χ2v) is 3.81. The van der Waals surface area contributed by atoms with Gasteiger partial charge in [-0.1, -0.05) is 25.2 Å². The first-order valence-electron chi connectivity index (χ1n) is 5.68. The largest absolute Gasteiger partial charge is 0.481 e. The predicted octanol–water partition coefficient (Wildman–Crippen LogP) is 1.68. The van der Waals surface area contributed by atoms with Crippen LogP contribution in [0.1, 0.15) is 19.8 Å². The molecule has 0 aromatic rings. The topological polar surface area (TPSA) is 52.6 Å². The minimum Gasteiger partial charge on any atom is -0.481 e. The summed E-state index contributed by atoms with van der Waals surface area (Å²) < 4.78 is 10.3. The van der Waals surface area contributed by atoms with E-state index in [2.05, 4.69) is 0 Å². The Bertz CT molecular complexity index is 429. The van der Waals surface area contributed by atoms with Gasteiger partial charge < -0.3 is 9.47 Å². The Labute approximate surface area is 99.6 Å². The lowest BCUT2D eigenvalue weighted by Gasteiger charge is -2.11. The smallest absolute Gasteiger partial charge is 0.345 e. The Morgan fingerprint density at radius 1 is 1.35 bits per heavy atom. The van der Waals surface area contributed by atoms with Crippen LogP contribution in [0.4, 0.5) is 0 Å². The van der Waals surface area contributed by atoms with Crippen LogP contribution in [-0.4, -0.2) is 24.5 Å². The Balaban J connectivity index is 2.07. The van der Waals surface area contributed by atoms with Crippen molar-refractivity contribution in [2.24, 2.45) is 0 Å². The molecule has 0 saturated carbocycles. The Kier molecular flexibility index (Phi) is 3.42. The van der Waals surface area contributed by atoms with Crippen molar-refractivity contribution in [1.82, 2.24) is 0 Å². The number of carbonyl (C=O) groups is 2. The summed E-state index contributed by atoms with van der Waals surface area (Å²) in [5.74, 6) is -0.387. The summed E-state index contributed by atoms with van der Waals surface area (Å²) in [4.78, 5) is 23.2. The first-order valence-corrected chi connectivity index (χ1v) is 5.68. The van der Waals surface area contributed by atoms with Crippen molar-refractivity contribution in [3.05, 3.63) is 35.6 Å². The summed E-state index contributed by atoms with van der Waals surface area (Å²) in [6.07, 6.45) is 7.99. The molecule has 1 unspecified atom stereocenters. The summed E-state index contributed by atoms with van der Waals surface area (Å²) >= 11 is 0. The van der Waals surface area contributed by atoms with Gasteiger partial charge in [0, 0.05) is 6.42 Å². The highest BCUT2D eigenvalue weighted by Crippen LogP contribution is 2.29. The maximum atomic E-state index is 11.9. The van der Waals surface area contributed by atoms with E-state index >= 15 is 0 Å². The van der Waals surface area contributed by atoms with E-state index < -0.39 is 12.1 Å². The molecule has 1 atom stereocenters. The van der Waals surface area contributed by atoms with Crippen molar-refractivity contribution in [2.75, 3.05) is 6.61 Å². The minimum atomic E-state index is -0.674. The standard InChI is InChI=1S/C13H14O4/c1-2-3-4-5-6-10-12(14)11-9(17-10)7-8-16-13(11)15/h3-6,10H,2,7-8H2,1H3/b4-3+,6-5+. The third-order valence-corrected chi connectivity index (χ3v) is 2.59. The molecule has 4 heteroatoms. The zero-order valence-electron chi connectivity index (χ0n) is 9.64. The Hall–Kier alpha value is -1.84. The fourth-order valence-electron chi connectivity index (χ4n) is 1.76. The van der Waals surface area contributed by atoms with E-state index in [-0.39, 0.29) is 18.0 Å². The van der Waals surface area contributed by atoms with Crippen molar-refractivity contribution in [1.29, 1.82) is 0 Å². The third kappa shape index (κ3) is 2.30. The van der Waals surface area contributed by atoms with Gasteiger partial charge in [-0.3, -0.25) is 4.79 Å². The SMILES string of the molecule is CC/C=C/C=C/C1OC2=C(C(=O)OCC2)C1=O. The number of ketones is 1. The van der Waals surface area contributed by atoms with Crippen molar-refractivity contribution in [2.45, 2.75) is 25.9 Å². The van der Waals surface area contributed by atoms with Crippen molar-refractivity contribution >= 4 is 11.8 Å². The fraction of sp³-hybridized carbons (Fsp3) is 0.385. The summed E-state index contributed by atoms with van der Waals surface area (Å²) in [6, 6.07) is 0. The van der Waals surface area contributed by atoms with E-state index in [1.165, 1.54) is 0 Å². The van der Waals surface area contributed by atoms with E-state index in [1.807, 2.05) is 19.1 Å². The maximum absolute atomic E-state index is 11.9. The molecule has 0 saturated heterocycles. The molecule has 0 aromatic heterocycles. The Morgan fingerprint density at radius 3 is 2.88 bits per heavy atom. The van der Waals surface area contributed by atoms with Crippen LogP contribution in [0.15, 0.2) is 35.6 Å². The molecule has 2 heterocycles. The number of carbonyl (C=O) groups excluding carboxylic acids is 2. The lowest BCUT2D eigenvalue weighted by Crippen LogP contribution is -2.22. The molecule has 2 aliphatic heterocycles. The minimum absolute atomic E-state index is 0.0883. The second kappa shape index (κ2) is 4.99. The van der Waals surface area contributed by atoms with Gasteiger partial charge in [-0.2, -0.15) is 0 Å². The maximum Gasteiger partial charge on any atom is 0.345 e. The van der Waals surface area contributed by atoms with Crippen molar-refractivity contribution < 1.29 is 19.1 Å². The monoisotopic (exact) mass is 234 g/mol. The normalized spacial score (nSPS) is 24.4. The quantitative estimate of drug-likeness (QED) is 0.423. The summed E-state index contributed by atoms with van der Waals surface area (Å²) in [5.41, 5.74) is 0.0883. The van der Waals surface area contributed by atoms with Gasteiger partial charge in [-0.15, -0.1) is 0 Å². The molecule has 0 bridgehead atoms. The molecule has 0 fully saturated rings. The molecule has 0 spiro atoms. The van der Waals surface area contributed by atoms with E-state index in [0.717, 1.165) is 6.42 Å². The molecule has 0 aliphatic carbocycles. The lowest BCUT2D eigenvalue weighted by atomic mass is 10.1. The highest BCUT2D eigenvalue weighted by Gasteiger charge is 2.40. The zero-order valence-corrected chi connectivity index (χ0v) is 9.64. The fourth-order valence-corrected chi connectivity index (χ4v) is 1.76. The molecule has 4 nitrogen and oxygen atoms in total. The number of Topliss-reactive ketones (excluding diaryl/α,β-unsaturated/α-hetero) is 1. The van der Waals surface area contributed by atoms with Gasteiger partial charge in [0.05, 0.1) is 6.61 Å². The van der Waals surface area contributed by atoms with Crippen LogP contribution in [0.5, 0.6) is 0 Å².